The van der Waals surface area contributed by atoms with Crippen molar-refractivity contribution in [1.29, 1.82) is 0 Å². The fourth-order valence-electron chi connectivity index (χ4n) is 3.17. The SMILES string of the molecule is CC(C)c1[nH]c(=O)c(-c2cc(Cl)ccc2F)cc1Nc1ccncc1C(=O)NC[C@H](C)O. The predicted molar refractivity (Wildman–Crippen MR) is 123 cm³/mol. The Morgan fingerprint density at radius 2 is 1.94 bits per heavy atom. The molecule has 9 heteroatoms. The van der Waals surface area contributed by atoms with Gasteiger partial charge in [0.1, 0.15) is 5.82 Å². The summed E-state index contributed by atoms with van der Waals surface area (Å²) in [6.45, 7) is 5.45. The van der Waals surface area contributed by atoms with Crippen LogP contribution in [-0.4, -0.2) is 33.6 Å². The van der Waals surface area contributed by atoms with Crippen LogP contribution in [0.15, 0.2) is 47.5 Å². The Bertz CT molecular complexity index is 1190. The number of aliphatic hydroxyl groups is 1. The number of halogens is 2. The van der Waals surface area contributed by atoms with Crippen LogP contribution >= 0.6 is 11.6 Å². The van der Waals surface area contributed by atoms with E-state index in [9.17, 15) is 19.1 Å². The van der Waals surface area contributed by atoms with Gasteiger partial charge in [-0.15, -0.1) is 0 Å². The highest BCUT2D eigenvalue weighted by Gasteiger charge is 2.18. The number of aliphatic hydroxyl groups excluding tert-OH is 1. The Morgan fingerprint density at radius 3 is 2.62 bits per heavy atom. The number of carbonyl (C=O) groups is 1. The molecule has 32 heavy (non-hydrogen) atoms. The molecule has 0 unspecified atom stereocenters. The molecule has 4 N–H and O–H groups in total. The van der Waals surface area contributed by atoms with Crippen LogP contribution in [0.1, 0.15) is 42.7 Å². The molecule has 1 atom stereocenters. The molecule has 2 heterocycles. The Morgan fingerprint density at radius 1 is 1.19 bits per heavy atom. The first kappa shape index (κ1) is 23.4. The molecule has 2 aromatic heterocycles. The summed E-state index contributed by atoms with van der Waals surface area (Å²) in [5, 5.41) is 15.5. The van der Waals surface area contributed by atoms with E-state index >= 15 is 0 Å². The number of aromatic nitrogens is 2. The zero-order valence-electron chi connectivity index (χ0n) is 17.9. The van der Waals surface area contributed by atoms with E-state index in [0.717, 1.165) is 0 Å². The number of carbonyl (C=O) groups excluding carboxylic acids is 1. The van der Waals surface area contributed by atoms with Gasteiger partial charge >= 0.3 is 0 Å². The van der Waals surface area contributed by atoms with Crippen LogP contribution in [0.3, 0.4) is 0 Å². The van der Waals surface area contributed by atoms with E-state index in [2.05, 4.69) is 20.6 Å². The number of hydrogen-bond donors (Lipinski definition) is 4. The number of aromatic amines is 1. The molecule has 1 aromatic carbocycles. The molecule has 1 amide bonds. The quantitative estimate of drug-likeness (QED) is 0.424. The number of amides is 1. The molecule has 0 aliphatic heterocycles. The molecule has 168 valence electrons. The third-order valence-corrected chi connectivity index (χ3v) is 5.00. The van der Waals surface area contributed by atoms with Crippen molar-refractivity contribution in [3.8, 4) is 11.1 Å². The number of H-pyrrole nitrogens is 1. The molecular weight excluding hydrogens is 435 g/mol. The van der Waals surface area contributed by atoms with Crippen LogP contribution in [0.4, 0.5) is 15.8 Å². The average molecular weight is 459 g/mol. The molecule has 0 bridgehead atoms. The van der Waals surface area contributed by atoms with Crippen molar-refractivity contribution in [3.05, 3.63) is 75.2 Å². The number of nitrogens with one attached hydrogen (secondary N) is 3. The van der Waals surface area contributed by atoms with Gasteiger partial charge in [-0.1, -0.05) is 25.4 Å². The number of nitrogens with zero attached hydrogens (tertiary/aromatic N) is 1. The van der Waals surface area contributed by atoms with Crippen molar-refractivity contribution >= 4 is 28.9 Å². The second-order valence-electron chi connectivity index (χ2n) is 7.72. The minimum absolute atomic E-state index is 0.0711. The lowest BCUT2D eigenvalue weighted by Gasteiger charge is -2.18. The molecule has 3 aromatic rings. The van der Waals surface area contributed by atoms with Gasteiger partial charge in [-0.2, -0.15) is 0 Å². The van der Waals surface area contributed by atoms with Crippen LogP contribution in [0.25, 0.3) is 11.1 Å². The molecule has 0 aliphatic rings. The summed E-state index contributed by atoms with van der Waals surface area (Å²) in [4.78, 5) is 32.2. The Hall–Kier alpha value is -3.23. The first-order chi connectivity index (χ1) is 15.2. The number of benzene rings is 1. The van der Waals surface area contributed by atoms with E-state index in [1.54, 1.807) is 19.1 Å². The van der Waals surface area contributed by atoms with Crippen molar-refractivity contribution in [2.75, 3.05) is 11.9 Å². The lowest BCUT2D eigenvalue weighted by molar-refractivity contribution is 0.0924. The van der Waals surface area contributed by atoms with Gasteiger partial charge in [0, 0.05) is 35.2 Å². The van der Waals surface area contributed by atoms with Crippen molar-refractivity contribution in [1.82, 2.24) is 15.3 Å². The third kappa shape index (κ3) is 5.33. The summed E-state index contributed by atoms with van der Waals surface area (Å²) in [5.41, 5.74) is 1.51. The predicted octanol–water partition coefficient (Wildman–Crippen LogP) is 4.21. The van der Waals surface area contributed by atoms with Gasteiger partial charge in [0.2, 0.25) is 0 Å². The summed E-state index contributed by atoms with van der Waals surface area (Å²) in [5.74, 6) is -1.07. The topological polar surface area (TPSA) is 107 Å². The van der Waals surface area contributed by atoms with Crippen LogP contribution in [0, 0.1) is 5.82 Å². The number of anilines is 2. The normalized spacial score (nSPS) is 12.0. The third-order valence-electron chi connectivity index (χ3n) is 4.76. The fraction of sp³-hybridized carbons (Fsp3) is 0.261. The van der Waals surface area contributed by atoms with E-state index in [1.807, 2.05) is 13.8 Å². The molecule has 0 saturated carbocycles. The summed E-state index contributed by atoms with van der Waals surface area (Å²) >= 11 is 6.01. The smallest absolute Gasteiger partial charge is 0.256 e. The lowest BCUT2D eigenvalue weighted by Crippen LogP contribution is -2.31. The summed E-state index contributed by atoms with van der Waals surface area (Å²) in [6.07, 6.45) is 2.22. The molecule has 0 saturated heterocycles. The summed E-state index contributed by atoms with van der Waals surface area (Å²) < 4.78 is 14.5. The number of hydrogen-bond acceptors (Lipinski definition) is 5. The van der Waals surface area contributed by atoms with Gasteiger partial charge in [0.25, 0.3) is 11.5 Å². The van der Waals surface area contributed by atoms with E-state index in [4.69, 9.17) is 11.6 Å². The van der Waals surface area contributed by atoms with Crippen LogP contribution < -0.4 is 16.2 Å². The fourth-order valence-corrected chi connectivity index (χ4v) is 3.34. The second kappa shape index (κ2) is 9.93. The van der Waals surface area contributed by atoms with Gasteiger partial charge in [0.05, 0.1) is 28.6 Å². The van der Waals surface area contributed by atoms with Crippen molar-refractivity contribution in [2.24, 2.45) is 0 Å². The molecule has 7 nitrogen and oxygen atoms in total. The summed E-state index contributed by atoms with van der Waals surface area (Å²) in [7, 11) is 0. The zero-order chi connectivity index (χ0) is 23.4. The number of pyridine rings is 2. The first-order valence-electron chi connectivity index (χ1n) is 10.1. The van der Waals surface area contributed by atoms with E-state index in [1.165, 1.54) is 30.6 Å². The van der Waals surface area contributed by atoms with E-state index in [-0.39, 0.29) is 29.2 Å². The van der Waals surface area contributed by atoms with Crippen molar-refractivity contribution in [2.45, 2.75) is 32.8 Å². The van der Waals surface area contributed by atoms with Gasteiger partial charge in [-0.3, -0.25) is 14.6 Å². The maximum Gasteiger partial charge on any atom is 0.256 e. The lowest BCUT2D eigenvalue weighted by atomic mass is 10.0. The Kier molecular flexibility index (Phi) is 7.27. The molecule has 3 rings (SSSR count). The van der Waals surface area contributed by atoms with Crippen molar-refractivity contribution < 1.29 is 14.3 Å². The summed E-state index contributed by atoms with van der Waals surface area (Å²) in [6, 6.07) is 7.16. The molecule has 0 radical (unpaired) electrons. The van der Waals surface area contributed by atoms with Gasteiger partial charge in [-0.05, 0) is 43.2 Å². The zero-order valence-corrected chi connectivity index (χ0v) is 18.6. The molecule has 0 fully saturated rings. The maximum absolute atomic E-state index is 14.5. The average Bonchev–Trinajstić information content (AvgIpc) is 2.75. The van der Waals surface area contributed by atoms with Crippen LogP contribution in [0.5, 0.6) is 0 Å². The Balaban J connectivity index is 2.08. The van der Waals surface area contributed by atoms with Crippen LogP contribution in [-0.2, 0) is 0 Å². The monoisotopic (exact) mass is 458 g/mol. The molecule has 0 spiro atoms. The Labute approximate surface area is 189 Å². The minimum atomic E-state index is -0.700. The van der Waals surface area contributed by atoms with Gasteiger partial charge in [-0.25, -0.2) is 4.39 Å². The van der Waals surface area contributed by atoms with Gasteiger partial charge < -0.3 is 20.7 Å². The van der Waals surface area contributed by atoms with Crippen molar-refractivity contribution in [3.63, 3.8) is 0 Å². The first-order valence-corrected chi connectivity index (χ1v) is 10.4. The van der Waals surface area contributed by atoms with Gasteiger partial charge in [0.15, 0.2) is 0 Å². The van der Waals surface area contributed by atoms with Crippen LogP contribution in [0.2, 0.25) is 5.02 Å². The number of rotatable bonds is 7. The van der Waals surface area contributed by atoms with E-state index < -0.39 is 23.4 Å². The largest absolute Gasteiger partial charge is 0.392 e. The highest BCUT2D eigenvalue weighted by atomic mass is 35.5. The molecule has 0 aliphatic carbocycles. The second-order valence-corrected chi connectivity index (χ2v) is 8.16. The highest BCUT2D eigenvalue weighted by molar-refractivity contribution is 6.30. The van der Waals surface area contributed by atoms with E-state index in [0.29, 0.717) is 22.1 Å². The maximum atomic E-state index is 14.5. The standard InChI is InChI=1S/C23H24ClFN4O3/c1-12(2)21-20(9-16(23(32)29-21)15-8-14(24)4-5-18(15)25)28-19-6-7-26-11-17(19)22(31)27-10-13(3)30/h4-9,11-13,30H,10H2,1-3H3,(H,26,28)(H,27,31)(H,29,32)/t13-/m0/s1. The minimum Gasteiger partial charge on any atom is -0.392 e. The molecular formula is C23H24ClFN4O3. The highest BCUT2D eigenvalue weighted by Crippen LogP contribution is 2.31.